The van der Waals surface area contributed by atoms with Crippen LogP contribution in [0.5, 0.6) is 0 Å². The van der Waals surface area contributed by atoms with E-state index in [1.807, 2.05) is 20.1 Å². The van der Waals surface area contributed by atoms with Crippen molar-refractivity contribution in [3.8, 4) is 0 Å². The van der Waals surface area contributed by atoms with Crippen LogP contribution in [0.25, 0.3) is 0 Å². The summed E-state index contributed by atoms with van der Waals surface area (Å²) in [7, 11) is 0. The lowest BCUT2D eigenvalue weighted by Gasteiger charge is -2.22. The molecule has 0 atom stereocenters. The summed E-state index contributed by atoms with van der Waals surface area (Å²) in [6.07, 6.45) is 1.94. The molecule has 0 saturated heterocycles. The van der Waals surface area contributed by atoms with Gasteiger partial charge in [0.25, 0.3) is 0 Å². The van der Waals surface area contributed by atoms with E-state index in [4.69, 9.17) is 5.11 Å². The van der Waals surface area contributed by atoms with Gasteiger partial charge in [-0.05, 0) is 20.1 Å². The molecule has 0 radical (unpaired) electrons. The summed E-state index contributed by atoms with van der Waals surface area (Å²) < 4.78 is -0.0805. The number of hydrogen-bond donors (Lipinski definition) is 4. The normalized spacial score (nSPS) is 10.6. The Labute approximate surface area is 110 Å². The van der Waals surface area contributed by atoms with Gasteiger partial charge in [-0.3, -0.25) is 9.59 Å². The molecular weight excluding hydrogens is 258 g/mol. The van der Waals surface area contributed by atoms with Gasteiger partial charge < -0.3 is 21.1 Å². The number of thioether (sulfide) groups is 1. The van der Waals surface area contributed by atoms with E-state index in [-0.39, 0.29) is 11.3 Å². The number of carboxylic acid groups (broad SMARTS) is 1. The summed E-state index contributed by atoms with van der Waals surface area (Å²) in [5, 5.41) is 15.4. The SMILES string of the molecule is CSC(C)(C)CNC(=O)NCC(=O)NCC(=O)O. The van der Waals surface area contributed by atoms with Gasteiger partial charge in [0.2, 0.25) is 5.91 Å². The highest BCUT2D eigenvalue weighted by Crippen LogP contribution is 2.19. The summed E-state index contributed by atoms with van der Waals surface area (Å²) in [5.41, 5.74) is 0. The molecule has 0 heterocycles. The quantitative estimate of drug-likeness (QED) is 0.508. The molecule has 104 valence electrons. The summed E-state index contributed by atoms with van der Waals surface area (Å²) in [6.45, 7) is 3.73. The zero-order chi connectivity index (χ0) is 14.2. The lowest BCUT2D eigenvalue weighted by Crippen LogP contribution is -2.46. The van der Waals surface area contributed by atoms with Gasteiger partial charge in [0, 0.05) is 11.3 Å². The van der Waals surface area contributed by atoms with Crippen LogP contribution in [0.2, 0.25) is 0 Å². The Morgan fingerprint density at radius 3 is 2.22 bits per heavy atom. The van der Waals surface area contributed by atoms with Gasteiger partial charge in [-0.15, -0.1) is 0 Å². The molecule has 0 saturated carbocycles. The molecule has 0 aliphatic carbocycles. The van der Waals surface area contributed by atoms with Crippen LogP contribution in [-0.4, -0.2) is 53.7 Å². The van der Waals surface area contributed by atoms with Crippen molar-refractivity contribution in [2.75, 3.05) is 25.9 Å². The Kier molecular flexibility index (Phi) is 7.18. The minimum atomic E-state index is -1.13. The van der Waals surface area contributed by atoms with Gasteiger partial charge in [-0.25, -0.2) is 4.79 Å². The summed E-state index contributed by atoms with van der Waals surface area (Å²) in [6, 6.07) is -0.456. The topological polar surface area (TPSA) is 108 Å². The molecule has 4 N–H and O–H groups in total. The van der Waals surface area contributed by atoms with Gasteiger partial charge >= 0.3 is 12.0 Å². The molecule has 0 aromatic rings. The molecule has 0 aromatic carbocycles. The Morgan fingerprint density at radius 1 is 1.11 bits per heavy atom. The van der Waals surface area contributed by atoms with Gasteiger partial charge in [-0.1, -0.05) is 0 Å². The highest BCUT2D eigenvalue weighted by atomic mass is 32.2. The van der Waals surface area contributed by atoms with Crippen molar-refractivity contribution >= 4 is 29.7 Å². The predicted octanol–water partition coefficient (Wildman–Crippen LogP) is -0.372. The average molecular weight is 277 g/mol. The van der Waals surface area contributed by atoms with Crippen molar-refractivity contribution in [1.82, 2.24) is 16.0 Å². The predicted molar refractivity (Wildman–Crippen MR) is 69.6 cm³/mol. The number of carbonyl (C=O) groups excluding carboxylic acids is 2. The van der Waals surface area contributed by atoms with Crippen molar-refractivity contribution in [3.63, 3.8) is 0 Å². The number of nitrogens with one attached hydrogen (secondary N) is 3. The Balaban J connectivity index is 3.77. The molecule has 18 heavy (non-hydrogen) atoms. The zero-order valence-corrected chi connectivity index (χ0v) is 11.5. The number of amides is 3. The highest BCUT2D eigenvalue weighted by molar-refractivity contribution is 7.99. The molecule has 3 amide bonds. The van der Waals surface area contributed by atoms with Gasteiger partial charge in [0.1, 0.15) is 6.54 Å². The first kappa shape index (κ1) is 16.6. The molecule has 0 aromatic heterocycles. The third-order valence-corrected chi connectivity index (χ3v) is 3.32. The minimum absolute atomic E-state index is 0.0805. The van der Waals surface area contributed by atoms with Crippen LogP contribution in [0.1, 0.15) is 13.8 Å². The maximum absolute atomic E-state index is 11.3. The van der Waals surface area contributed by atoms with E-state index < -0.39 is 24.5 Å². The van der Waals surface area contributed by atoms with Crippen LogP contribution in [0, 0.1) is 0 Å². The zero-order valence-electron chi connectivity index (χ0n) is 10.7. The number of urea groups is 1. The number of carboxylic acids is 1. The van der Waals surface area contributed by atoms with E-state index in [1.54, 1.807) is 11.8 Å². The monoisotopic (exact) mass is 277 g/mol. The second-order valence-corrected chi connectivity index (χ2v) is 5.68. The van der Waals surface area contributed by atoms with E-state index in [0.717, 1.165) is 0 Å². The van der Waals surface area contributed by atoms with E-state index in [0.29, 0.717) is 6.54 Å². The van der Waals surface area contributed by atoms with Crippen LogP contribution in [0.4, 0.5) is 4.79 Å². The van der Waals surface area contributed by atoms with Crippen molar-refractivity contribution < 1.29 is 19.5 Å². The smallest absolute Gasteiger partial charge is 0.322 e. The fourth-order valence-corrected chi connectivity index (χ4v) is 1.04. The third kappa shape index (κ3) is 8.68. The standard InChI is InChI=1S/C10H19N3O4S/c1-10(2,18-3)6-13-9(17)12-4-7(14)11-5-8(15)16/h4-6H2,1-3H3,(H,11,14)(H,15,16)(H2,12,13,17). The Bertz CT molecular complexity index is 320. The summed E-state index contributed by atoms with van der Waals surface area (Å²) in [4.78, 5) is 32.6. The molecule has 0 unspecified atom stereocenters. The van der Waals surface area contributed by atoms with Gasteiger partial charge in [-0.2, -0.15) is 11.8 Å². The van der Waals surface area contributed by atoms with Crippen molar-refractivity contribution in [3.05, 3.63) is 0 Å². The molecule has 8 heteroatoms. The van der Waals surface area contributed by atoms with E-state index in [9.17, 15) is 14.4 Å². The third-order valence-electron chi connectivity index (χ3n) is 2.07. The number of hydrogen-bond acceptors (Lipinski definition) is 4. The lowest BCUT2D eigenvalue weighted by molar-refractivity contribution is -0.137. The molecule has 0 rings (SSSR count). The number of aliphatic carboxylic acids is 1. The van der Waals surface area contributed by atoms with Gasteiger partial charge in [0.15, 0.2) is 0 Å². The first-order valence-electron chi connectivity index (χ1n) is 5.32. The van der Waals surface area contributed by atoms with Gasteiger partial charge in [0.05, 0.1) is 6.54 Å². The highest BCUT2D eigenvalue weighted by Gasteiger charge is 2.16. The fraction of sp³-hybridized carbons (Fsp3) is 0.700. The molecule has 0 bridgehead atoms. The van der Waals surface area contributed by atoms with Crippen molar-refractivity contribution in [1.29, 1.82) is 0 Å². The summed E-state index contributed by atoms with van der Waals surface area (Å²) in [5.74, 6) is -1.67. The Morgan fingerprint density at radius 2 is 1.72 bits per heavy atom. The van der Waals surface area contributed by atoms with Crippen molar-refractivity contribution in [2.45, 2.75) is 18.6 Å². The molecular formula is C10H19N3O4S. The second-order valence-electron chi connectivity index (χ2n) is 4.17. The van der Waals surface area contributed by atoms with Crippen LogP contribution in [0.15, 0.2) is 0 Å². The second kappa shape index (κ2) is 7.80. The molecule has 0 aliphatic rings. The van der Waals surface area contributed by atoms with E-state index in [2.05, 4.69) is 16.0 Å². The van der Waals surface area contributed by atoms with Crippen molar-refractivity contribution in [2.24, 2.45) is 0 Å². The average Bonchev–Trinajstić information content (AvgIpc) is 2.31. The first-order valence-corrected chi connectivity index (χ1v) is 6.54. The molecule has 7 nitrogen and oxygen atoms in total. The van der Waals surface area contributed by atoms with Crippen LogP contribution >= 0.6 is 11.8 Å². The Hall–Kier alpha value is -1.44. The molecule has 0 aliphatic heterocycles. The fourth-order valence-electron chi connectivity index (χ4n) is 0.825. The molecule has 0 fully saturated rings. The summed E-state index contributed by atoms with van der Waals surface area (Å²) >= 11 is 1.62. The largest absolute Gasteiger partial charge is 0.480 e. The molecule has 0 spiro atoms. The van der Waals surface area contributed by atoms with Crippen LogP contribution < -0.4 is 16.0 Å². The maximum Gasteiger partial charge on any atom is 0.322 e. The maximum atomic E-state index is 11.3. The first-order chi connectivity index (χ1) is 8.26. The van der Waals surface area contributed by atoms with Crippen LogP contribution in [-0.2, 0) is 9.59 Å². The van der Waals surface area contributed by atoms with E-state index >= 15 is 0 Å². The number of rotatable bonds is 7. The van der Waals surface area contributed by atoms with E-state index in [1.165, 1.54) is 0 Å². The van der Waals surface area contributed by atoms with Crippen LogP contribution in [0.3, 0.4) is 0 Å². The lowest BCUT2D eigenvalue weighted by atomic mass is 10.2. The number of carbonyl (C=O) groups is 3. The minimum Gasteiger partial charge on any atom is -0.480 e.